The molecule has 0 unspecified atom stereocenters. The second kappa shape index (κ2) is 7.11. The highest BCUT2D eigenvalue weighted by molar-refractivity contribution is 6.33. The SMILES string of the molecule is Nc1cc(C(=O)N[C@@H](CO)Cc2ccccc2)ccc1Cl. The number of benzene rings is 2. The number of amides is 1. The van der Waals surface area contributed by atoms with E-state index in [-0.39, 0.29) is 18.6 Å². The number of halogens is 1. The Morgan fingerprint density at radius 2 is 1.95 bits per heavy atom. The van der Waals surface area contributed by atoms with E-state index in [1.54, 1.807) is 12.1 Å². The maximum absolute atomic E-state index is 12.1. The van der Waals surface area contributed by atoms with Gasteiger partial charge in [-0.05, 0) is 30.2 Å². The van der Waals surface area contributed by atoms with E-state index >= 15 is 0 Å². The molecule has 4 nitrogen and oxygen atoms in total. The van der Waals surface area contributed by atoms with Crippen LogP contribution in [0.1, 0.15) is 15.9 Å². The Hall–Kier alpha value is -2.04. The number of anilines is 1. The molecule has 1 amide bonds. The number of carbonyl (C=O) groups is 1. The second-order valence-corrected chi connectivity index (χ2v) is 5.19. The molecule has 0 saturated heterocycles. The van der Waals surface area contributed by atoms with Gasteiger partial charge in [-0.15, -0.1) is 0 Å². The first-order chi connectivity index (χ1) is 10.1. The number of nitrogens with two attached hydrogens (primary N) is 1. The van der Waals surface area contributed by atoms with Crippen LogP contribution in [0.15, 0.2) is 48.5 Å². The van der Waals surface area contributed by atoms with Crippen molar-refractivity contribution in [3.05, 3.63) is 64.7 Å². The monoisotopic (exact) mass is 304 g/mol. The molecular formula is C16H17ClN2O2. The van der Waals surface area contributed by atoms with E-state index < -0.39 is 0 Å². The molecule has 0 aromatic heterocycles. The van der Waals surface area contributed by atoms with Gasteiger partial charge in [0.1, 0.15) is 0 Å². The van der Waals surface area contributed by atoms with Crippen LogP contribution in [0.2, 0.25) is 5.02 Å². The first-order valence-electron chi connectivity index (χ1n) is 6.61. The zero-order valence-electron chi connectivity index (χ0n) is 11.4. The van der Waals surface area contributed by atoms with E-state index in [1.165, 1.54) is 6.07 Å². The third-order valence-electron chi connectivity index (χ3n) is 3.14. The predicted octanol–water partition coefficient (Wildman–Crippen LogP) is 2.26. The van der Waals surface area contributed by atoms with E-state index in [9.17, 15) is 9.90 Å². The molecule has 1 atom stereocenters. The van der Waals surface area contributed by atoms with Gasteiger partial charge in [-0.25, -0.2) is 0 Å². The zero-order chi connectivity index (χ0) is 15.2. The first kappa shape index (κ1) is 15.4. The fourth-order valence-corrected chi connectivity index (χ4v) is 2.13. The molecule has 0 aliphatic rings. The van der Waals surface area contributed by atoms with E-state index in [0.717, 1.165) is 5.56 Å². The molecule has 0 bridgehead atoms. The molecule has 0 heterocycles. The molecule has 0 saturated carbocycles. The summed E-state index contributed by atoms with van der Waals surface area (Å²) in [5.74, 6) is -0.284. The standard InChI is InChI=1S/C16H17ClN2O2/c17-14-7-6-12(9-15(14)18)16(21)19-13(10-20)8-11-4-2-1-3-5-11/h1-7,9,13,20H,8,10,18H2,(H,19,21)/t13-/m1/s1. The fourth-order valence-electron chi connectivity index (χ4n) is 2.01. The summed E-state index contributed by atoms with van der Waals surface area (Å²) in [5, 5.41) is 12.6. The van der Waals surface area contributed by atoms with E-state index in [4.69, 9.17) is 17.3 Å². The van der Waals surface area contributed by atoms with Crippen molar-refractivity contribution in [3.63, 3.8) is 0 Å². The van der Waals surface area contributed by atoms with Crippen molar-refractivity contribution in [2.24, 2.45) is 0 Å². The molecule has 0 aliphatic carbocycles. The van der Waals surface area contributed by atoms with Crippen molar-refractivity contribution >= 4 is 23.2 Å². The van der Waals surface area contributed by atoms with Crippen molar-refractivity contribution in [1.29, 1.82) is 0 Å². The summed E-state index contributed by atoms with van der Waals surface area (Å²) in [7, 11) is 0. The van der Waals surface area contributed by atoms with Gasteiger partial charge in [-0.1, -0.05) is 41.9 Å². The van der Waals surface area contributed by atoms with Crippen LogP contribution < -0.4 is 11.1 Å². The van der Waals surface area contributed by atoms with Crippen LogP contribution in [-0.2, 0) is 6.42 Å². The van der Waals surface area contributed by atoms with Crippen molar-refractivity contribution in [3.8, 4) is 0 Å². The molecule has 21 heavy (non-hydrogen) atoms. The van der Waals surface area contributed by atoms with Gasteiger partial charge < -0.3 is 16.2 Å². The van der Waals surface area contributed by atoms with Crippen LogP contribution in [-0.4, -0.2) is 23.7 Å². The van der Waals surface area contributed by atoms with Gasteiger partial charge in [0, 0.05) is 5.56 Å². The summed E-state index contributed by atoms with van der Waals surface area (Å²) in [6.45, 7) is -0.135. The fraction of sp³-hybridized carbons (Fsp3) is 0.188. The van der Waals surface area contributed by atoms with Crippen LogP contribution in [0.3, 0.4) is 0 Å². The number of aliphatic hydroxyl groups is 1. The smallest absolute Gasteiger partial charge is 0.251 e. The molecule has 0 radical (unpaired) electrons. The van der Waals surface area contributed by atoms with Crippen molar-refractivity contribution in [2.75, 3.05) is 12.3 Å². The van der Waals surface area contributed by atoms with Crippen LogP contribution in [0.25, 0.3) is 0 Å². The topological polar surface area (TPSA) is 75.4 Å². The normalized spacial score (nSPS) is 11.9. The van der Waals surface area contributed by atoms with Crippen molar-refractivity contribution in [2.45, 2.75) is 12.5 Å². The van der Waals surface area contributed by atoms with Gasteiger partial charge in [-0.2, -0.15) is 0 Å². The number of hydrogen-bond acceptors (Lipinski definition) is 3. The maximum Gasteiger partial charge on any atom is 0.251 e. The number of nitrogen functional groups attached to an aromatic ring is 1. The highest BCUT2D eigenvalue weighted by Gasteiger charge is 2.14. The Morgan fingerprint density at radius 1 is 1.24 bits per heavy atom. The summed E-state index contributed by atoms with van der Waals surface area (Å²) in [5.41, 5.74) is 7.51. The first-order valence-corrected chi connectivity index (χ1v) is 6.98. The van der Waals surface area contributed by atoms with E-state index in [2.05, 4.69) is 5.32 Å². The third-order valence-corrected chi connectivity index (χ3v) is 3.48. The maximum atomic E-state index is 12.1. The average molecular weight is 305 g/mol. The highest BCUT2D eigenvalue weighted by atomic mass is 35.5. The summed E-state index contributed by atoms with van der Waals surface area (Å²) in [6.07, 6.45) is 0.562. The molecule has 5 heteroatoms. The lowest BCUT2D eigenvalue weighted by Gasteiger charge is -2.16. The van der Waals surface area contributed by atoms with Crippen molar-refractivity contribution in [1.82, 2.24) is 5.32 Å². The summed E-state index contributed by atoms with van der Waals surface area (Å²) in [4.78, 5) is 12.1. The summed E-state index contributed by atoms with van der Waals surface area (Å²) in [6, 6.07) is 14.0. The number of hydrogen-bond donors (Lipinski definition) is 3. The molecule has 2 rings (SSSR count). The Morgan fingerprint density at radius 3 is 2.57 bits per heavy atom. The van der Waals surface area contributed by atoms with E-state index in [0.29, 0.717) is 22.7 Å². The van der Waals surface area contributed by atoms with Crippen LogP contribution in [0, 0.1) is 0 Å². The molecule has 4 N–H and O–H groups in total. The van der Waals surface area contributed by atoms with Crippen molar-refractivity contribution < 1.29 is 9.90 Å². The Kier molecular flexibility index (Phi) is 5.20. The van der Waals surface area contributed by atoms with Gasteiger partial charge in [0.2, 0.25) is 0 Å². The third kappa shape index (κ3) is 4.21. The van der Waals surface area contributed by atoms with Crippen LogP contribution in [0.4, 0.5) is 5.69 Å². The molecule has 0 spiro atoms. The van der Waals surface area contributed by atoms with Gasteiger partial charge >= 0.3 is 0 Å². The lowest BCUT2D eigenvalue weighted by molar-refractivity contribution is 0.0916. The molecule has 0 aliphatic heterocycles. The lowest BCUT2D eigenvalue weighted by Crippen LogP contribution is -2.39. The minimum Gasteiger partial charge on any atom is -0.398 e. The molecule has 110 valence electrons. The summed E-state index contributed by atoms with van der Waals surface area (Å²) >= 11 is 5.83. The zero-order valence-corrected chi connectivity index (χ0v) is 12.2. The second-order valence-electron chi connectivity index (χ2n) is 4.78. The Bertz CT molecular complexity index is 617. The number of carbonyl (C=O) groups excluding carboxylic acids is 1. The Balaban J connectivity index is 2.04. The lowest BCUT2D eigenvalue weighted by atomic mass is 10.1. The van der Waals surface area contributed by atoms with Crippen LogP contribution in [0.5, 0.6) is 0 Å². The van der Waals surface area contributed by atoms with Gasteiger partial charge in [0.15, 0.2) is 0 Å². The Labute approximate surface area is 128 Å². The number of nitrogens with one attached hydrogen (secondary N) is 1. The summed E-state index contributed by atoms with van der Waals surface area (Å²) < 4.78 is 0. The highest BCUT2D eigenvalue weighted by Crippen LogP contribution is 2.19. The molecule has 0 fully saturated rings. The predicted molar refractivity (Wildman–Crippen MR) is 84.4 cm³/mol. The molecular weight excluding hydrogens is 288 g/mol. The van der Waals surface area contributed by atoms with E-state index in [1.807, 2.05) is 30.3 Å². The largest absolute Gasteiger partial charge is 0.398 e. The average Bonchev–Trinajstić information content (AvgIpc) is 2.50. The minimum atomic E-state index is -0.350. The van der Waals surface area contributed by atoms with Gasteiger partial charge in [-0.3, -0.25) is 4.79 Å². The van der Waals surface area contributed by atoms with Crippen LogP contribution >= 0.6 is 11.6 Å². The van der Waals surface area contributed by atoms with Gasteiger partial charge in [0.25, 0.3) is 5.91 Å². The number of rotatable bonds is 5. The quantitative estimate of drug-likeness (QED) is 0.742. The number of aliphatic hydroxyl groups excluding tert-OH is 1. The minimum absolute atomic E-state index is 0.135. The molecule has 2 aromatic rings. The van der Waals surface area contributed by atoms with Gasteiger partial charge in [0.05, 0.1) is 23.4 Å². The molecule has 2 aromatic carbocycles.